The minimum Gasteiger partial charge on any atom is -0.444 e. The highest BCUT2D eigenvalue weighted by atomic mass is 35.5. The van der Waals surface area contributed by atoms with Gasteiger partial charge < -0.3 is 14.5 Å². The molecule has 0 bridgehead atoms. The molecule has 0 aliphatic carbocycles. The van der Waals surface area contributed by atoms with Gasteiger partial charge in [-0.25, -0.2) is 14.8 Å². The summed E-state index contributed by atoms with van der Waals surface area (Å²) in [5.74, 6) is 0.892. The summed E-state index contributed by atoms with van der Waals surface area (Å²) in [6.07, 6.45) is 2.08. The molecule has 1 unspecified atom stereocenters. The Kier molecular flexibility index (Phi) is 5.05. The van der Waals surface area contributed by atoms with Crippen molar-refractivity contribution in [3.8, 4) is 0 Å². The Hall–Kier alpha value is -1.63. The molecule has 2 rings (SSSR count). The van der Waals surface area contributed by atoms with Gasteiger partial charge in [0.15, 0.2) is 0 Å². The summed E-state index contributed by atoms with van der Waals surface area (Å²) in [7, 11) is 1.90. The maximum absolute atomic E-state index is 12.0. The molecular formula is C14H22ClN5O2. The van der Waals surface area contributed by atoms with Crippen LogP contribution >= 0.6 is 11.6 Å². The van der Waals surface area contributed by atoms with Crippen LogP contribution in [0.4, 0.5) is 10.7 Å². The number of hydrogen-bond donors (Lipinski definition) is 0. The summed E-state index contributed by atoms with van der Waals surface area (Å²) in [5.41, 5.74) is -0.465. The highest BCUT2D eigenvalue weighted by Gasteiger charge is 2.30. The molecule has 1 fully saturated rings. The Morgan fingerprint density at radius 1 is 1.50 bits per heavy atom. The Balaban J connectivity index is 1.87. The average molecular weight is 328 g/mol. The fourth-order valence-corrected chi connectivity index (χ4v) is 2.51. The largest absolute Gasteiger partial charge is 0.444 e. The van der Waals surface area contributed by atoms with Gasteiger partial charge in [0.25, 0.3) is 0 Å². The van der Waals surface area contributed by atoms with E-state index in [1.54, 1.807) is 4.90 Å². The molecule has 1 aromatic rings. The molecule has 8 heteroatoms. The molecule has 22 heavy (non-hydrogen) atoms. The van der Waals surface area contributed by atoms with Gasteiger partial charge in [0.1, 0.15) is 11.9 Å². The number of carbonyl (C=O) groups excluding carboxylic acids is 1. The van der Waals surface area contributed by atoms with Crippen molar-refractivity contribution in [3.63, 3.8) is 0 Å². The molecule has 1 amide bonds. The molecular weight excluding hydrogens is 306 g/mol. The third-order valence-electron chi connectivity index (χ3n) is 3.34. The molecule has 0 N–H and O–H groups in total. The minimum atomic E-state index is -0.465. The molecule has 0 radical (unpaired) electrons. The van der Waals surface area contributed by atoms with Crippen LogP contribution in [0, 0.1) is 5.92 Å². The van der Waals surface area contributed by atoms with E-state index in [0.717, 1.165) is 13.0 Å². The summed E-state index contributed by atoms with van der Waals surface area (Å²) in [4.78, 5) is 27.7. The second-order valence-electron chi connectivity index (χ2n) is 6.52. The Bertz CT molecular complexity index is 534. The molecule has 7 nitrogen and oxygen atoms in total. The van der Waals surface area contributed by atoms with E-state index < -0.39 is 5.60 Å². The van der Waals surface area contributed by atoms with Gasteiger partial charge in [-0.05, 0) is 44.7 Å². The highest BCUT2D eigenvalue weighted by Crippen LogP contribution is 2.21. The van der Waals surface area contributed by atoms with E-state index in [1.165, 1.54) is 6.33 Å². The van der Waals surface area contributed by atoms with Gasteiger partial charge in [-0.1, -0.05) is 0 Å². The fourth-order valence-electron chi connectivity index (χ4n) is 2.40. The predicted octanol–water partition coefficient (Wildman–Crippen LogP) is 2.22. The first-order chi connectivity index (χ1) is 10.2. The van der Waals surface area contributed by atoms with Crippen LogP contribution < -0.4 is 4.90 Å². The van der Waals surface area contributed by atoms with Crippen molar-refractivity contribution >= 4 is 23.6 Å². The Labute approximate surface area is 135 Å². The minimum absolute atomic E-state index is 0.179. The van der Waals surface area contributed by atoms with E-state index in [0.29, 0.717) is 25.0 Å². The Morgan fingerprint density at radius 3 is 2.86 bits per heavy atom. The maximum Gasteiger partial charge on any atom is 0.410 e. The molecule has 0 saturated carbocycles. The summed E-state index contributed by atoms with van der Waals surface area (Å²) in [5, 5.41) is 0.179. The van der Waals surface area contributed by atoms with Crippen LogP contribution in [0.5, 0.6) is 0 Å². The van der Waals surface area contributed by atoms with Gasteiger partial charge in [-0.15, -0.1) is 0 Å². The molecule has 1 aromatic heterocycles. The number of rotatable bonds is 3. The summed E-state index contributed by atoms with van der Waals surface area (Å²) in [6.45, 7) is 7.76. The lowest BCUT2D eigenvalue weighted by atomic mass is 10.1. The molecule has 0 spiro atoms. The van der Waals surface area contributed by atoms with Gasteiger partial charge in [0.05, 0.1) is 0 Å². The molecule has 1 aliphatic rings. The van der Waals surface area contributed by atoms with Crippen molar-refractivity contribution in [3.05, 3.63) is 11.6 Å². The number of likely N-dealkylation sites (tertiary alicyclic amines) is 1. The van der Waals surface area contributed by atoms with Crippen molar-refractivity contribution in [2.45, 2.75) is 32.8 Å². The van der Waals surface area contributed by atoms with Crippen LogP contribution in [0.2, 0.25) is 5.28 Å². The van der Waals surface area contributed by atoms with Crippen LogP contribution in [0.1, 0.15) is 27.2 Å². The predicted molar refractivity (Wildman–Crippen MR) is 84.0 cm³/mol. The average Bonchev–Trinajstić information content (AvgIpc) is 2.85. The van der Waals surface area contributed by atoms with Crippen molar-refractivity contribution in [2.75, 3.05) is 31.6 Å². The van der Waals surface area contributed by atoms with E-state index in [2.05, 4.69) is 15.0 Å². The van der Waals surface area contributed by atoms with Crippen LogP contribution in [0.15, 0.2) is 6.33 Å². The second-order valence-corrected chi connectivity index (χ2v) is 6.85. The zero-order valence-electron chi connectivity index (χ0n) is 13.4. The van der Waals surface area contributed by atoms with Crippen LogP contribution in [0.25, 0.3) is 0 Å². The number of nitrogens with zero attached hydrogens (tertiary/aromatic N) is 5. The third-order valence-corrected chi connectivity index (χ3v) is 3.52. The van der Waals surface area contributed by atoms with Gasteiger partial charge >= 0.3 is 6.09 Å². The van der Waals surface area contributed by atoms with Gasteiger partial charge in [0, 0.05) is 26.7 Å². The Morgan fingerprint density at radius 2 is 2.23 bits per heavy atom. The molecule has 1 atom stereocenters. The first-order valence-corrected chi connectivity index (χ1v) is 7.66. The van der Waals surface area contributed by atoms with Crippen molar-refractivity contribution in [1.82, 2.24) is 19.9 Å². The lowest BCUT2D eigenvalue weighted by molar-refractivity contribution is 0.0288. The van der Waals surface area contributed by atoms with E-state index in [4.69, 9.17) is 16.3 Å². The summed E-state index contributed by atoms with van der Waals surface area (Å²) < 4.78 is 5.40. The van der Waals surface area contributed by atoms with Crippen molar-refractivity contribution in [1.29, 1.82) is 0 Å². The zero-order valence-corrected chi connectivity index (χ0v) is 14.2. The maximum atomic E-state index is 12.0. The van der Waals surface area contributed by atoms with E-state index >= 15 is 0 Å². The fraction of sp³-hybridized carbons (Fsp3) is 0.714. The first-order valence-electron chi connectivity index (χ1n) is 7.28. The van der Waals surface area contributed by atoms with E-state index in [1.807, 2.05) is 32.7 Å². The number of amides is 1. The lowest BCUT2D eigenvalue weighted by Gasteiger charge is -2.25. The number of aromatic nitrogens is 3. The normalized spacial score (nSPS) is 18.4. The summed E-state index contributed by atoms with van der Waals surface area (Å²) in [6, 6.07) is 0. The van der Waals surface area contributed by atoms with Gasteiger partial charge in [-0.3, -0.25) is 0 Å². The van der Waals surface area contributed by atoms with Gasteiger partial charge in [0.2, 0.25) is 11.2 Å². The SMILES string of the molecule is CN(CC1CCN(C(=O)OC(C)(C)C)C1)c1ncnc(Cl)n1. The topological polar surface area (TPSA) is 71.5 Å². The van der Waals surface area contributed by atoms with E-state index in [-0.39, 0.29) is 11.4 Å². The standard InChI is InChI=1S/C14H22ClN5O2/c1-14(2,3)22-13(21)20-6-5-10(8-20)7-19(4)12-17-9-16-11(15)18-12/h9-10H,5-8H2,1-4H3. The third kappa shape index (κ3) is 4.69. The lowest BCUT2D eigenvalue weighted by Crippen LogP contribution is -2.36. The van der Waals surface area contributed by atoms with E-state index in [9.17, 15) is 4.79 Å². The van der Waals surface area contributed by atoms with Gasteiger partial charge in [-0.2, -0.15) is 4.98 Å². The molecule has 1 aliphatic heterocycles. The monoisotopic (exact) mass is 327 g/mol. The highest BCUT2D eigenvalue weighted by molar-refractivity contribution is 6.28. The quantitative estimate of drug-likeness (QED) is 0.847. The second kappa shape index (κ2) is 6.64. The molecule has 0 aromatic carbocycles. The number of halogens is 1. The van der Waals surface area contributed by atoms with Crippen LogP contribution in [-0.4, -0.2) is 58.2 Å². The number of hydrogen-bond acceptors (Lipinski definition) is 6. The smallest absolute Gasteiger partial charge is 0.410 e. The van der Waals surface area contributed by atoms with Crippen molar-refractivity contribution < 1.29 is 9.53 Å². The molecule has 122 valence electrons. The number of carbonyl (C=O) groups is 1. The molecule has 2 heterocycles. The van der Waals surface area contributed by atoms with Crippen LogP contribution in [-0.2, 0) is 4.74 Å². The first kappa shape index (κ1) is 16.7. The zero-order chi connectivity index (χ0) is 16.3. The molecule has 1 saturated heterocycles. The number of ether oxygens (including phenoxy) is 1. The van der Waals surface area contributed by atoms with Crippen molar-refractivity contribution in [2.24, 2.45) is 5.92 Å². The van der Waals surface area contributed by atoms with Crippen LogP contribution in [0.3, 0.4) is 0 Å². The number of anilines is 1. The summed E-state index contributed by atoms with van der Waals surface area (Å²) >= 11 is 5.77.